The molecule has 0 amide bonds. The maximum absolute atomic E-state index is 4.47. The fourth-order valence-electron chi connectivity index (χ4n) is 2.53. The summed E-state index contributed by atoms with van der Waals surface area (Å²) < 4.78 is 1.97. The van der Waals surface area contributed by atoms with E-state index in [0.717, 1.165) is 24.1 Å². The number of nitrogens with zero attached hydrogens (tertiary/aromatic N) is 2. The van der Waals surface area contributed by atoms with Crippen molar-refractivity contribution in [1.82, 2.24) is 15.1 Å². The second-order valence-corrected chi connectivity index (χ2v) is 5.31. The molecule has 0 radical (unpaired) electrons. The third-order valence-corrected chi connectivity index (χ3v) is 3.96. The zero-order valence-corrected chi connectivity index (χ0v) is 11.0. The maximum Gasteiger partial charge on any atom is 0.0644 e. The molecule has 1 aliphatic carbocycles. The molecule has 0 bridgehead atoms. The van der Waals surface area contributed by atoms with Gasteiger partial charge in [-0.25, -0.2) is 0 Å². The molecule has 3 unspecified atom stereocenters. The molecule has 0 aromatic carbocycles. The highest BCUT2D eigenvalue weighted by molar-refractivity contribution is 5.27. The van der Waals surface area contributed by atoms with Crippen molar-refractivity contribution in [3.63, 3.8) is 0 Å². The van der Waals surface area contributed by atoms with E-state index in [-0.39, 0.29) is 0 Å². The predicted molar refractivity (Wildman–Crippen MR) is 66.4 cm³/mol. The van der Waals surface area contributed by atoms with E-state index in [9.17, 15) is 0 Å². The van der Waals surface area contributed by atoms with Gasteiger partial charge in [0.1, 0.15) is 0 Å². The quantitative estimate of drug-likeness (QED) is 0.845. The van der Waals surface area contributed by atoms with E-state index >= 15 is 0 Å². The van der Waals surface area contributed by atoms with Crippen LogP contribution in [0.25, 0.3) is 0 Å². The Labute approximate surface area is 98.2 Å². The average molecular weight is 221 g/mol. The molecule has 3 atom stereocenters. The first kappa shape index (κ1) is 11.6. The SMILES string of the molecule is Cc1nn(C)c(C)c1C(C)NCC1CC1C. The van der Waals surface area contributed by atoms with Crippen LogP contribution in [0.5, 0.6) is 0 Å². The van der Waals surface area contributed by atoms with Crippen molar-refractivity contribution >= 4 is 0 Å². The summed E-state index contributed by atoms with van der Waals surface area (Å²) in [5, 5.41) is 8.10. The van der Waals surface area contributed by atoms with Gasteiger partial charge in [0.25, 0.3) is 0 Å². The Hall–Kier alpha value is -0.830. The number of aromatic nitrogens is 2. The number of hydrogen-bond donors (Lipinski definition) is 1. The number of rotatable bonds is 4. The van der Waals surface area contributed by atoms with Crippen LogP contribution >= 0.6 is 0 Å². The molecule has 0 spiro atoms. The van der Waals surface area contributed by atoms with E-state index in [1.165, 1.54) is 17.7 Å². The van der Waals surface area contributed by atoms with Gasteiger partial charge in [-0.2, -0.15) is 5.10 Å². The highest BCUT2D eigenvalue weighted by Crippen LogP contribution is 2.37. The van der Waals surface area contributed by atoms with Gasteiger partial charge >= 0.3 is 0 Å². The van der Waals surface area contributed by atoms with Crippen molar-refractivity contribution in [2.45, 2.75) is 40.2 Å². The number of aryl methyl sites for hydroxylation is 2. The van der Waals surface area contributed by atoms with Crippen molar-refractivity contribution in [2.24, 2.45) is 18.9 Å². The highest BCUT2D eigenvalue weighted by Gasteiger charge is 2.32. The first-order chi connectivity index (χ1) is 7.50. The Morgan fingerprint density at radius 1 is 1.50 bits per heavy atom. The normalized spacial score (nSPS) is 25.8. The number of hydrogen-bond acceptors (Lipinski definition) is 2. The second-order valence-electron chi connectivity index (χ2n) is 5.31. The molecular weight excluding hydrogens is 198 g/mol. The molecule has 90 valence electrons. The fourth-order valence-corrected chi connectivity index (χ4v) is 2.53. The topological polar surface area (TPSA) is 29.9 Å². The van der Waals surface area contributed by atoms with E-state index in [1.54, 1.807) is 0 Å². The van der Waals surface area contributed by atoms with Crippen molar-refractivity contribution in [3.8, 4) is 0 Å². The summed E-state index contributed by atoms with van der Waals surface area (Å²) in [5.41, 5.74) is 3.81. The van der Waals surface area contributed by atoms with Crippen LogP contribution in [-0.4, -0.2) is 16.3 Å². The molecule has 3 nitrogen and oxygen atoms in total. The minimum atomic E-state index is 0.418. The van der Waals surface area contributed by atoms with Crippen molar-refractivity contribution in [1.29, 1.82) is 0 Å². The standard InChI is InChI=1S/C13H23N3/c1-8-6-12(8)7-14-9(2)13-10(3)15-16(5)11(13)4/h8-9,12,14H,6-7H2,1-5H3. The lowest BCUT2D eigenvalue weighted by Crippen LogP contribution is -2.22. The highest BCUT2D eigenvalue weighted by atomic mass is 15.3. The van der Waals surface area contributed by atoms with Crippen LogP contribution in [0.3, 0.4) is 0 Å². The van der Waals surface area contributed by atoms with Gasteiger partial charge in [-0.3, -0.25) is 4.68 Å². The van der Waals surface area contributed by atoms with E-state index < -0.39 is 0 Å². The van der Waals surface area contributed by atoms with Crippen LogP contribution in [0.2, 0.25) is 0 Å². The summed E-state index contributed by atoms with van der Waals surface area (Å²) >= 11 is 0. The van der Waals surface area contributed by atoms with Crippen LogP contribution < -0.4 is 5.32 Å². The Morgan fingerprint density at radius 2 is 2.12 bits per heavy atom. The largest absolute Gasteiger partial charge is 0.310 e. The van der Waals surface area contributed by atoms with Crippen LogP contribution in [0, 0.1) is 25.7 Å². The molecule has 1 aromatic heterocycles. The Balaban J connectivity index is 1.99. The molecule has 1 N–H and O–H groups in total. The Bertz CT molecular complexity index is 381. The van der Waals surface area contributed by atoms with Crippen LogP contribution in [0.1, 0.15) is 43.3 Å². The van der Waals surface area contributed by atoms with E-state index in [4.69, 9.17) is 0 Å². The van der Waals surface area contributed by atoms with E-state index in [2.05, 4.69) is 38.1 Å². The lowest BCUT2D eigenvalue weighted by molar-refractivity contribution is 0.531. The molecule has 1 aromatic rings. The molecule has 16 heavy (non-hydrogen) atoms. The molecular formula is C13H23N3. The summed E-state index contributed by atoms with van der Waals surface area (Å²) in [7, 11) is 2.02. The number of nitrogens with one attached hydrogen (secondary N) is 1. The smallest absolute Gasteiger partial charge is 0.0644 e. The minimum Gasteiger partial charge on any atom is -0.310 e. The van der Waals surface area contributed by atoms with Crippen LogP contribution in [-0.2, 0) is 7.05 Å². The molecule has 1 heterocycles. The summed E-state index contributed by atoms with van der Waals surface area (Å²) in [6.45, 7) is 9.96. The summed E-state index contributed by atoms with van der Waals surface area (Å²) in [6.07, 6.45) is 1.39. The van der Waals surface area contributed by atoms with Crippen molar-refractivity contribution in [3.05, 3.63) is 17.0 Å². The van der Waals surface area contributed by atoms with Gasteiger partial charge in [-0.1, -0.05) is 6.92 Å². The van der Waals surface area contributed by atoms with Gasteiger partial charge < -0.3 is 5.32 Å². The molecule has 1 aliphatic rings. The summed E-state index contributed by atoms with van der Waals surface area (Å²) in [5.74, 6) is 1.83. The van der Waals surface area contributed by atoms with Crippen molar-refractivity contribution < 1.29 is 0 Å². The van der Waals surface area contributed by atoms with Gasteiger partial charge in [0, 0.05) is 24.3 Å². The van der Waals surface area contributed by atoms with Gasteiger partial charge in [0.15, 0.2) is 0 Å². The Kier molecular flexibility index (Phi) is 3.06. The monoisotopic (exact) mass is 221 g/mol. The predicted octanol–water partition coefficient (Wildman–Crippen LogP) is 2.34. The second kappa shape index (κ2) is 4.21. The lowest BCUT2D eigenvalue weighted by Gasteiger charge is -2.14. The molecule has 1 saturated carbocycles. The van der Waals surface area contributed by atoms with Crippen LogP contribution in [0.4, 0.5) is 0 Å². The molecule has 2 rings (SSSR count). The zero-order chi connectivity index (χ0) is 11.9. The third-order valence-electron chi connectivity index (χ3n) is 3.96. The summed E-state index contributed by atoms with van der Waals surface area (Å²) in [6, 6.07) is 0.418. The first-order valence-corrected chi connectivity index (χ1v) is 6.24. The van der Waals surface area contributed by atoms with Gasteiger partial charge in [-0.05, 0) is 45.6 Å². The minimum absolute atomic E-state index is 0.418. The third kappa shape index (κ3) is 2.14. The molecule has 1 fully saturated rings. The molecule has 3 heteroatoms. The van der Waals surface area contributed by atoms with Gasteiger partial charge in [0.05, 0.1) is 5.69 Å². The average Bonchev–Trinajstić information content (AvgIpc) is 2.84. The Morgan fingerprint density at radius 3 is 2.56 bits per heavy atom. The van der Waals surface area contributed by atoms with Gasteiger partial charge in [0.2, 0.25) is 0 Å². The summed E-state index contributed by atoms with van der Waals surface area (Å²) in [4.78, 5) is 0. The molecule has 0 saturated heterocycles. The van der Waals surface area contributed by atoms with Crippen LogP contribution in [0.15, 0.2) is 0 Å². The van der Waals surface area contributed by atoms with Crippen molar-refractivity contribution in [2.75, 3.05) is 6.54 Å². The lowest BCUT2D eigenvalue weighted by atomic mass is 10.1. The molecule has 0 aliphatic heterocycles. The fraction of sp³-hybridized carbons (Fsp3) is 0.769. The zero-order valence-electron chi connectivity index (χ0n) is 11.0. The maximum atomic E-state index is 4.47. The van der Waals surface area contributed by atoms with E-state index in [1.807, 2.05) is 11.7 Å². The van der Waals surface area contributed by atoms with E-state index in [0.29, 0.717) is 6.04 Å². The first-order valence-electron chi connectivity index (χ1n) is 6.24. The van der Waals surface area contributed by atoms with Gasteiger partial charge in [-0.15, -0.1) is 0 Å².